The van der Waals surface area contributed by atoms with E-state index in [4.69, 9.17) is 0 Å². The van der Waals surface area contributed by atoms with Crippen LogP contribution >= 0.6 is 0 Å². The molecule has 1 atom stereocenters. The number of nitrogens with zero attached hydrogens (tertiary/aromatic N) is 4. The summed E-state index contributed by atoms with van der Waals surface area (Å²) in [6, 6.07) is 5.18. The minimum atomic E-state index is -0.0564. The van der Waals surface area contributed by atoms with Crippen LogP contribution in [0.1, 0.15) is 42.5 Å². The van der Waals surface area contributed by atoms with Gasteiger partial charge in [0.2, 0.25) is 0 Å². The Bertz CT molecular complexity index is 812. The fourth-order valence-corrected chi connectivity index (χ4v) is 3.37. The molecule has 0 radical (unpaired) electrons. The number of pyridine rings is 1. The van der Waals surface area contributed by atoms with E-state index < -0.39 is 0 Å². The summed E-state index contributed by atoms with van der Waals surface area (Å²) in [5, 5.41) is 10.1. The normalized spacial score (nSPS) is 17.3. The van der Waals surface area contributed by atoms with Crippen LogP contribution in [0.5, 0.6) is 0 Å². The van der Waals surface area contributed by atoms with Crippen molar-refractivity contribution in [3.63, 3.8) is 0 Å². The monoisotopic (exact) mass is 358 g/mol. The third-order valence-corrected chi connectivity index (χ3v) is 4.79. The van der Waals surface area contributed by atoms with Crippen molar-refractivity contribution >= 4 is 6.03 Å². The highest BCUT2D eigenvalue weighted by molar-refractivity contribution is 5.74. The van der Waals surface area contributed by atoms with Gasteiger partial charge in [-0.05, 0) is 39.2 Å². The first-order valence-electron chi connectivity index (χ1n) is 9.12. The highest BCUT2D eigenvalue weighted by Crippen LogP contribution is 2.24. The van der Waals surface area contributed by atoms with Gasteiger partial charge in [-0.25, -0.2) is 9.78 Å². The Morgan fingerprint density at radius 3 is 2.96 bits per heavy atom. The topological polar surface area (TPSA) is 95.9 Å². The Balaban J connectivity index is 1.46. The van der Waals surface area contributed by atoms with Crippen LogP contribution in [0.3, 0.4) is 0 Å². The number of likely N-dealkylation sites (tertiary alicyclic amines) is 1. The third-order valence-electron chi connectivity index (χ3n) is 4.79. The molecule has 8 nitrogen and oxygen atoms in total. The zero-order chi connectivity index (χ0) is 18.5. The standard InChI is InChI=1S/C18H26N6O2/c1-13-6-3-8-16(25)24(13)11-5-9-19-18(26)23-10-4-7-15(12-23)17-20-14(2)21-22-17/h3,6,8,15H,4-5,7,9-12H2,1-2H3,(H,19,26)(H,20,21,22). The van der Waals surface area contributed by atoms with E-state index >= 15 is 0 Å². The van der Waals surface area contributed by atoms with Gasteiger partial charge >= 0.3 is 6.03 Å². The van der Waals surface area contributed by atoms with Gasteiger partial charge in [0.1, 0.15) is 5.82 Å². The van der Waals surface area contributed by atoms with Crippen LogP contribution in [-0.2, 0) is 6.54 Å². The van der Waals surface area contributed by atoms with Crippen LogP contribution in [0.2, 0.25) is 0 Å². The highest BCUT2D eigenvalue weighted by atomic mass is 16.2. The molecule has 0 aromatic carbocycles. The second kappa shape index (κ2) is 8.16. The molecule has 1 aliphatic rings. The molecule has 1 fully saturated rings. The van der Waals surface area contributed by atoms with Crippen LogP contribution in [0.15, 0.2) is 23.0 Å². The maximum Gasteiger partial charge on any atom is 0.317 e. The van der Waals surface area contributed by atoms with Gasteiger partial charge in [0.25, 0.3) is 5.56 Å². The number of H-pyrrole nitrogens is 1. The Labute approximate surface area is 152 Å². The smallest absolute Gasteiger partial charge is 0.317 e. The van der Waals surface area contributed by atoms with Crippen molar-refractivity contribution in [2.24, 2.45) is 0 Å². The summed E-state index contributed by atoms with van der Waals surface area (Å²) in [7, 11) is 0. The number of amides is 2. The molecule has 8 heteroatoms. The lowest BCUT2D eigenvalue weighted by molar-refractivity contribution is 0.178. The van der Waals surface area contributed by atoms with Gasteiger partial charge in [-0.1, -0.05) is 6.07 Å². The van der Waals surface area contributed by atoms with E-state index in [9.17, 15) is 9.59 Å². The molecule has 1 unspecified atom stereocenters. The summed E-state index contributed by atoms with van der Waals surface area (Å²) in [4.78, 5) is 30.5. The molecule has 0 aliphatic carbocycles. The van der Waals surface area contributed by atoms with Gasteiger partial charge < -0.3 is 14.8 Å². The fourth-order valence-electron chi connectivity index (χ4n) is 3.37. The van der Waals surface area contributed by atoms with Gasteiger partial charge in [-0.3, -0.25) is 9.89 Å². The van der Waals surface area contributed by atoms with Crippen molar-refractivity contribution in [3.05, 3.63) is 45.9 Å². The number of hydrogen-bond donors (Lipinski definition) is 2. The van der Waals surface area contributed by atoms with Crippen molar-refractivity contribution in [1.29, 1.82) is 0 Å². The fraction of sp³-hybridized carbons (Fsp3) is 0.556. The molecule has 2 aromatic rings. The van der Waals surface area contributed by atoms with Crippen molar-refractivity contribution < 1.29 is 4.79 Å². The predicted octanol–water partition coefficient (Wildman–Crippen LogP) is 1.56. The summed E-state index contributed by atoms with van der Waals surface area (Å²) in [5.74, 6) is 1.77. The summed E-state index contributed by atoms with van der Waals surface area (Å²) in [6.45, 7) is 6.33. The molecular formula is C18H26N6O2. The molecule has 1 aliphatic heterocycles. The van der Waals surface area contributed by atoms with Crippen molar-refractivity contribution in [2.45, 2.75) is 45.6 Å². The number of piperidine rings is 1. The summed E-state index contributed by atoms with van der Waals surface area (Å²) < 4.78 is 1.73. The van der Waals surface area contributed by atoms with E-state index in [1.165, 1.54) is 0 Å². The molecule has 0 saturated carbocycles. The average Bonchev–Trinajstić information content (AvgIpc) is 3.07. The first-order chi connectivity index (χ1) is 12.5. The number of aromatic nitrogens is 4. The number of hydrogen-bond acceptors (Lipinski definition) is 4. The quantitative estimate of drug-likeness (QED) is 0.793. The molecule has 140 valence electrons. The van der Waals surface area contributed by atoms with E-state index in [1.807, 2.05) is 24.8 Å². The van der Waals surface area contributed by atoms with Crippen molar-refractivity contribution in [2.75, 3.05) is 19.6 Å². The Morgan fingerprint density at radius 2 is 2.23 bits per heavy atom. The van der Waals surface area contributed by atoms with E-state index in [-0.39, 0.29) is 17.5 Å². The molecular weight excluding hydrogens is 332 g/mol. The lowest BCUT2D eigenvalue weighted by atomic mass is 9.98. The predicted molar refractivity (Wildman–Crippen MR) is 98.1 cm³/mol. The summed E-state index contributed by atoms with van der Waals surface area (Å²) in [5.41, 5.74) is 0.932. The van der Waals surface area contributed by atoms with Gasteiger partial charge in [0.15, 0.2) is 5.82 Å². The molecule has 2 aromatic heterocycles. The van der Waals surface area contributed by atoms with Crippen molar-refractivity contribution in [1.82, 2.24) is 30.0 Å². The van der Waals surface area contributed by atoms with Gasteiger partial charge in [-0.15, -0.1) is 0 Å². The Kier molecular flexibility index (Phi) is 5.70. The Morgan fingerprint density at radius 1 is 1.38 bits per heavy atom. The van der Waals surface area contributed by atoms with Crippen LogP contribution < -0.4 is 10.9 Å². The van der Waals surface area contributed by atoms with E-state index in [0.29, 0.717) is 26.1 Å². The number of nitrogens with one attached hydrogen (secondary N) is 2. The van der Waals surface area contributed by atoms with Crippen LogP contribution in [0, 0.1) is 13.8 Å². The van der Waals surface area contributed by atoms with Crippen LogP contribution in [-0.4, -0.2) is 50.3 Å². The maximum atomic E-state index is 12.4. The first kappa shape index (κ1) is 18.2. The minimum Gasteiger partial charge on any atom is -0.338 e. The summed E-state index contributed by atoms with van der Waals surface area (Å²) >= 11 is 0. The molecule has 0 bridgehead atoms. The SMILES string of the molecule is Cc1nc(C2CCCN(C(=O)NCCCn3c(C)cccc3=O)C2)n[nH]1. The first-order valence-corrected chi connectivity index (χ1v) is 9.12. The van der Waals surface area contributed by atoms with Crippen molar-refractivity contribution in [3.8, 4) is 0 Å². The van der Waals surface area contributed by atoms with Crippen LogP contribution in [0.4, 0.5) is 4.79 Å². The molecule has 2 N–H and O–H groups in total. The van der Waals surface area contributed by atoms with Gasteiger partial charge in [-0.2, -0.15) is 5.10 Å². The minimum absolute atomic E-state index is 0.00278. The number of rotatable bonds is 5. The van der Waals surface area contributed by atoms with Crippen LogP contribution in [0.25, 0.3) is 0 Å². The van der Waals surface area contributed by atoms with E-state index in [2.05, 4.69) is 20.5 Å². The lowest BCUT2D eigenvalue weighted by Crippen LogP contribution is -2.45. The Hall–Kier alpha value is -2.64. The third kappa shape index (κ3) is 4.30. The average molecular weight is 358 g/mol. The largest absolute Gasteiger partial charge is 0.338 e. The number of aromatic amines is 1. The van der Waals surface area contributed by atoms with Gasteiger partial charge in [0.05, 0.1) is 0 Å². The molecule has 26 heavy (non-hydrogen) atoms. The zero-order valence-corrected chi connectivity index (χ0v) is 15.4. The molecule has 3 heterocycles. The van der Waals surface area contributed by atoms with E-state index in [1.54, 1.807) is 16.7 Å². The van der Waals surface area contributed by atoms with Gasteiger partial charge in [0, 0.05) is 43.9 Å². The number of urea groups is 1. The molecule has 3 rings (SSSR count). The number of carbonyl (C=O) groups is 1. The molecule has 2 amide bonds. The summed E-state index contributed by atoms with van der Waals surface area (Å²) in [6.07, 6.45) is 2.66. The number of aryl methyl sites for hydroxylation is 2. The number of carbonyl (C=O) groups excluding carboxylic acids is 1. The maximum absolute atomic E-state index is 12.4. The molecule has 0 spiro atoms. The zero-order valence-electron chi connectivity index (χ0n) is 15.4. The lowest BCUT2D eigenvalue weighted by Gasteiger charge is -2.31. The second-order valence-electron chi connectivity index (χ2n) is 6.81. The molecule has 1 saturated heterocycles. The highest BCUT2D eigenvalue weighted by Gasteiger charge is 2.26. The second-order valence-corrected chi connectivity index (χ2v) is 6.81. The van der Waals surface area contributed by atoms with E-state index in [0.717, 1.165) is 36.7 Å².